The summed E-state index contributed by atoms with van der Waals surface area (Å²) in [6.07, 6.45) is 1.12. The van der Waals surface area contributed by atoms with Crippen LogP contribution in [0.5, 0.6) is 11.5 Å². The lowest BCUT2D eigenvalue weighted by atomic mass is 10.1. The quantitative estimate of drug-likeness (QED) is 0.778. The average molecular weight is 265 g/mol. The molecule has 0 saturated heterocycles. The smallest absolute Gasteiger partial charge is 0.165 e. The summed E-state index contributed by atoms with van der Waals surface area (Å²) in [4.78, 5) is 0. The summed E-state index contributed by atoms with van der Waals surface area (Å²) in [5, 5.41) is 3.49. The molecule has 1 unspecified atom stereocenters. The summed E-state index contributed by atoms with van der Waals surface area (Å²) in [6, 6.07) is 6.55. The van der Waals surface area contributed by atoms with Crippen molar-refractivity contribution in [3.8, 4) is 11.5 Å². The van der Waals surface area contributed by atoms with Crippen LogP contribution in [0.1, 0.15) is 39.7 Å². The fourth-order valence-electron chi connectivity index (χ4n) is 1.70. The van der Waals surface area contributed by atoms with Gasteiger partial charge in [-0.15, -0.1) is 0 Å². The van der Waals surface area contributed by atoms with Gasteiger partial charge in [-0.3, -0.25) is 0 Å². The van der Waals surface area contributed by atoms with Crippen molar-refractivity contribution in [3.63, 3.8) is 0 Å². The topological polar surface area (TPSA) is 30.5 Å². The maximum atomic E-state index is 5.92. The number of ether oxygens (including phenoxy) is 2. The second kappa shape index (κ2) is 8.05. The summed E-state index contributed by atoms with van der Waals surface area (Å²) < 4.78 is 11.3. The molecule has 0 aliphatic carbocycles. The van der Waals surface area contributed by atoms with Crippen LogP contribution in [0.25, 0.3) is 0 Å². The first-order valence-corrected chi connectivity index (χ1v) is 7.10. The van der Waals surface area contributed by atoms with Gasteiger partial charge in [-0.1, -0.05) is 32.9 Å². The third-order valence-electron chi connectivity index (χ3n) is 3.09. The van der Waals surface area contributed by atoms with Crippen molar-refractivity contribution < 1.29 is 9.47 Å². The SMILES string of the molecule is CCC(C)NCc1cccc(OC)c1OCC(C)C. The summed E-state index contributed by atoms with van der Waals surface area (Å²) >= 11 is 0. The van der Waals surface area contributed by atoms with E-state index in [1.165, 1.54) is 0 Å². The van der Waals surface area contributed by atoms with Crippen molar-refractivity contribution in [1.29, 1.82) is 0 Å². The Morgan fingerprint density at radius 3 is 2.53 bits per heavy atom. The molecule has 1 atom stereocenters. The van der Waals surface area contributed by atoms with Crippen molar-refractivity contribution in [2.75, 3.05) is 13.7 Å². The fourth-order valence-corrected chi connectivity index (χ4v) is 1.70. The van der Waals surface area contributed by atoms with Crippen LogP contribution < -0.4 is 14.8 Å². The molecule has 0 aliphatic rings. The molecule has 1 rings (SSSR count). The lowest BCUT2D eigenvalue weighted by Gasteiger charge is -2.18. The normalized spacial score (nSPS) is 12.5. The second-order valence-corrected chi connectivity index (χ2v) is 5.34. The van der Waals surface area contributed by atoms with Crippen LogP contribution in [0, 0.1) is 5.92 Å². The van der Waals surface area contributed by atoms with E-state index in [0.717, 1.165) is 30.0 Å². The van der Waals surface area contributed by atoms with Crippen LogP contribution in [0.15, 0.2) is 18.2 Å². The zero-order valence-corrected chi connectivity index (χ0v) is 12.8. The number of methoxy groups -OCH3 is 1. The van der Waals surface area contributed by atoms with Gasteiger partial charge >= 0.3 is 0 Å². The molecule has 19 heavy (non-hydrogen) atoms. The average Bonchev–Trinajstić information content (AvgIpc) is 2.42. The Bertz CT molecular complexity index is 377. The Morgan fingerprint density at radius 2 is 1.95 bits per heavy atom. The third kappa shape index (κ3) is 5.11. The second-order valence-electron chi connectivity index (χ2n) is 5.34. The number of nitrogens with one attached hydrogen (secondary N) is 1. The highest BCUT2D eigenvalue weighted by molar-refractivity contribution is 5.46. The Kier molecular flexibility index (Phi) is 6.71. The number of hydrogen-bond acceptors (Lipinski definition) is 3. The van der Waals surface area contributed by atoms with E-state index in [9.17, 15) is 0 Å². The van der Waals surface area contributed by atoms with Gasteiger partial charge in [-0.25, -0.2) is 0 Å². The van der Waals surface area contributed by atoms with E-state index < -0.39 is 0 Å². The third-order valence-corrected chi connectivity index (χ3v) is 3.09. The molecular formula is C16H27NO2. The molecule has 0 amide bonds. The molecule has 0 aliphatic heterocycles. The highest BCUT2D eigenvalue weighted by Crippen LogP contribution is 2.31. The summed E-state index contributed by atoms with van der Waals surface area (Å²) in [7, 11) is 1.68. The van der Waals surface area contributed by atoms with Crippen molar-refractivity contribution >= 4 is 0 Å². The maximum absolute atomic E-state index is 5.92. The summed E-state index contributed by atoms with van der Waals surface area (Å²) in [6.45, 7) is 10.2. The largest absolute Gasteiger partial charge is 0.493 e. The first kappa shape index (κ1) is 15.8. The highest BCUT2D eigenvalue weighted by Gasteiger charge is 2.11. The van der Waals surface area contributed by atoms with Crippen molar-refractivity contribution in [2.45, 2.75) is 46.7 Å². The molecule has 0 saturated carbocycles. The standard InChI is InChI=1S/C16H27NO2/c1-6-13(4)17-10-14-8-7-9-15(18-5)16(14)19-11-12(2)3/h7-9,12-13,17H,6,10-11H2,1-5H3. The predicted octanol–water partition coefficient (Wildman–Crippen LogP) is 3.62. The molecule has 0 fully saturated rings. The molecule has 0 heterocycles. The molecular weight excluding hydrogens is 238 g/mol. The van der Waals surface area contributed by atoms with E-state index in [1.807, 2.05) is 12.1 Å². The molecule has 0 bridgehead atoms. The molecule has 3 heteroatoms. The summed E-state index contributed by atoms with van der Waals surface area (Å²) in [5.41, 5.74) is 1.15. The number of rotatable bonds is 8. The highest BCUT2D eigenvalue weighted by atomic mass is 16.5. The van der Waals surface area contributed by atoms with Crippen LogP contribution in [-0.4, -0.2) is 19.8 Å². The number of benzene rings is 1. The van der Waals surface area contributed by atoms with Crippen LogP contribution in [0.2, 0.25) is 0 Å². The van der Waals surface area contributed by atoms with Gasteiger partial charge in [0, 0.05) is 18.2 Å². The lowest BCUT2D eigenvalue weighted by molar-refractivity contribution is 0.253. The Labute approximate surface area is 117 Å². The van der Waals surface area contributed by atoms with E-state index in [4.69, 9.17) is 9.47 Å². The van der Waals surface area contributed by atoms with Crippen LogP contribution in [-0.2, 0) is 6.54 Å². The predicted molar refractivity (Wildman–Crippen MR) is 79.9 cm³/mol. The van der Waals surface area contributed by atoms with Crippen LogP contribution in [0.3, 0.4) is 0 Å². The first-order valence-electron chi connectivity index (χ1n) is 7.10. The lowest BCUT2D eigenvalue weighted by Crippen LogP contribution is -2.24. The molecule has 3 nitrogen and oxygen atoms in total. The van der Waals surface area contributed by atoms with Gasteiger partial charge < -0.3 is 14.8 Å². The zero-order valence-electron chi connectivity index (χ0n) is 12.8. The molecule has 108 valence electrons. The molecule has 0 spiro atoms. The van der Waals surface area contributed by atoms with Crippen LogP contribution >= 0.6 is 0 Å². The van der Waals surface area contributed by atoms with Gasteiger partial charge in [-0.05, 0) is 25.3 Å². The van der Waals surface area contributed by atoms with Gasteiger partial charge in [0.25, 0.3) is 0 Å². The first-order chi connectivity index (χ1) is 9.08. The molecule has 0 radical (unpaired) electrons. The maximum Gasteiger partial charge on any atom is 0.165 e. The molecule has 1 N–H and O–H groups in total. The molecule has 0 aromatic heterocycles. The van der Waals surface area contributed by atoms with Crippen molar-refractivity contribution in [2.24, 2.45) is 5.92 Å². The zero-order chi connectivity index (χ0) is 14.3. The van der Waals surface area contributed by atoms with E-state index in [2.05, 4.69) is 39.1 Å². The minimum absolute atomic E-state index is 0.500. The number of para-hydroxylation sites is 1. The van der Waals surface area contributed by atoms with Crippen molar-refractivity contribution in [1.82, 2.24) is 5.32 Å². The monoisotopic (exact) mass is 265 g/mol. The van der Waals surface area contributed by atoms with E-state index in [0.29, 0.717) is 18.6 Å². The fraction of sp³-hybridized carbons (Fsp3) is 0.625. The minimum Gasteiger partial charge on any atom is -0.493 e. The Morgan fingerprint density at radius 1 is 1.21 bits per heavy atom. The van der Waals surface area contributed by atoms with E-state index in [-0.39, 0.29) is 0 Å². The Hall–Kier alpha value is -1.22. The Balaban J connectivity index is 2.82. The van der Waals surface area contributed by atoms with Gasteiger partial charge in [0.05, 0.1) is 13.7 Å². The van der Waals surface area contributed by atoms with Crippen LogP contribution in [0.4, 0.5) is 0 Å². The summed E-state index contributed by atoms with van der Waals surface area (Å²) in [5.74, 6) is 2.18. The molecule has 1 aromatic carbocycles. The van der Waals surface area contributed by atoms with Gasteiger partial charge in [0.1, 0.15) is 0 Å². The van der Waals surface area contributed by atoms with Gasteiger partial charge in [0.15, 0.2) is 11.5 Å². The van der Waals surface area contributed by atoms with E-state index >= 15 is 0 Å². The van der Waals surface area contributed by atoms with Gasteiger partial charge in [-0.2, -0.15) is 0 Å². The van der Waals surface area contributed by atoms with E-state index in [1.54, 1.807) is 7.11 Å². The molecule has 1 aromatic rings. The minimum atomic E-state index is 0.500. The number of hydrogen-bond donors (Lipinski definition) is 1. The van der Waals surface area contributed by atoms with Crippen molar-refractivity contribution in [3.05, 3.63) is 23.8 Å². The van der Waals surface area contributed by atoms with Gasteiger partial charge in [0.2, 0.25) is 0 Å².